The minimum atomic E-state index is -0.535. The van der Waals surface area contributed by atoms with Gasteiger partial charge in [0.1, 0.15) is 35.2 Å². The van der Waals surface area contributed by atoms with Crippen LogP contribution in [0, 0.1) is 6.92 Å². The Morgan fingerprint density at radius 3 is 2.39 bits per heavy atom. The highest BCUT2D eigenvalue weighted by Crippen LogP contribution is 2.29. The highest BCUT2D eigenvalue weighted by atomic mass is 16.5. The number of aromatic nitrogens is 3. The monoisotopic (exact) mass is 450 g/mol. The topological polar surface area (TPSA) is 118 Å². The Hall–Kier alpha value is -4.34. The zero-order chi connectivity index (χ0) is 23.5. The van der Waals surface area contributed by atoms with Crippen molar-refractivity contribution in [2.75, 3.05) is 26.6 Å². The average molecular weight is 450 g/mol. The Morgan fingerprint density at radius 2 is 1.73 bits per heavy atom. The largest absolute Gasteiger partial charge is 0.497 e. The van der Waals surface area contributed by atoms with Crippen LogP contribution >= 0.6 is 0 Å². The van der Waals surface area contributed by atoms with Crippen LogP contribution in [0.25, 0.3) is 22.2 Å². The van der Waals surface area contributed by atoms with Gasteiger partial charge in [-0.25, -0.2) is 4.68 Å². The molecule has 0 radical (unpaired) electrons. The van der Waals surface area contributed by atoms with E-state index in [1.807, 2.05) is 12.1 Å². The molecule has 4 aromatic rings. The van der Waals surface area contributed by atoms with E-state index < -0.39 is 11.5 Å². The maximum Gasteiger partial charge on any atom is 0.297 e. The number of carbonyl (C=O) groups is 1. The molecule has 0 aliphatic heterocycles. The van der Waals surface area contributed by atoms with E-state index in [-0.39, 0.29) is 12.1 Å². The maximum absolute atomic E-state index is 13.0. The highest BCUT2D eigenvalue weighted by molar-refractivity contribution is 5.94. The van der Waals surface area contributed by atoms with Crippen LogP contribution in [-0.4, -0.2) is 42.2 Å². The van der Waals surface area contributed by atoms with E-state index in [1.165, 1.54) is 14.2 Å². The number of ether oxygens (including phenoxy) is 3. The van der Waals surface area contributed by atoms with Crippen LogP contribution in [0.2, 0.25) is 0 Å². The lowest BCUT2D eigenvalue weighted by molar-refractivity contribution is -0.117. The first-order chi connectivity index (χ1) is 15.9. The molecule has 0 aliphatic carbocycles. The number of nitrogens with zero attached hydrogens (tertiary/aromatic N) is 3. The second kappa shape index (κ2) is 9.03. The Balaban J connectivity index is 1.72. The molecule has 10 heteroatoms. The smallest absolute Gasteiger partial charge is 0.297 e. The predicted molar refractivity (Wildman–Crippen MR) is 121 cm³/mol. The van der Waals surface area contributed by atoms with Crippen molar-refractivity contribution >= 4 is 22.5 Å². The summed E-state index contributed by atoms with van der Waals surface area (Å²) in [5.74, 6) is 1.64. The number of fused-ring (bicyclic) bond motifs is 1. The molecule has 0 saturated heterocycles. The molecule has 4 rings (SSSR count). The lowest BCUT2D eigenvalue weighted by atomic mass is 10.1. The van der Waals surface area contributed by atoms with Crippen LogP contribution in [0.1, 0.15) is 5.76 Å². The predicted octanol–water partition coefficient (Wildman–Crippen LogP) is 3.02. The van der Waals surface area contributed by atoms with Crippen molar-refractivity contribution in [1.29, 1.82) is 0 Å². The third kappa shape index (κ3) is 4.36. The van der Waals surface area contributed by atoms with E-state index in [2.05, 4.69) is 15.6 Å². The number of methoxy groups -OCH3 is 3. The number of amides is 1. The van der Waals surface area contributed by atoms with Gasteiger partial charge >= 0.3 is 0 Å². The standard InChI is InChI=1S/C23H22N4O6/c1-13-20-21(14-6-5-7-16(8-14)30-2)25-27(23(29)22(20)26-33-13)12-19(28)24-15-9-17(31-3)11-18(10-15)32-4/h5-11H,12H2,1-4H3,(H,24,28). The number of nitrogens with one attached hydrogen (secondary N) is 1. The molecule has 2 heterocycles. The molecule has 0 fully saturated rings. The molecule has 2 aromatic heterocycles. The number of aryl methyl sites for hydroxylation is 1. The summed E-state index contributed by atoms with van der Waals surface area (Å²) in [4.78, 5) is 25.7. The molecular weight excluding hydrogens is 428 g/mol. The molecule has 0 unspecified atom stereocenters. The maximum atomic E-state index is 13.0. The minimum absolute atomic E-state index is 0.0937. The Morgan fingerprint density at radius 1 is 1.03 bits per heavy atom. The average Bonchev–Trinajstić information content (AvgIpc) is 3.22. The van der Waals surface area contributed by atoms with Crippen LogP contribution in [0.5, 0.6) is 17.2 Å². The second-order valence-corrected chi connectivity index (χ2v) is 7.16. The van der Waals surface area contributed by atoms with Gasteiger partial charge < -0.3 is 24.1 Å². The first-order valence-corrected chi connectivity index (χ1v) is 9.98. The molecule has 1 amide bonds. The number of benzene rings is 2. The summed E-state index contributed by atoms with van der Waals surface area (Å²) in [5.41, 5.74) is 1.16. The number of hydrogen-bond donors (Lipinski definition) is 1. The molecule has 0 saturated carbocycles. The van der Waals surface area contributed by atoms with Crippen molar-refractivity contribution in [2.45, 2.75) is 13.5 Å². The Labute approximate surface area is 188 Å². The molecule has 0 bridgehead atoms. The van der Waals surface area contributed by atoms with Gasteiger partial charge in [0, 0.05) is 29.4 Å². The second-order valence-electron chi connectivity index (χ2n) is 7.16. The molecule has 2 aromatic carbocycles. The van der Waals surface area contributed by atoms with Gasteiger partial charge in [-0.05, 0) is 19.1 Å². The highest BCUT2D eigenvalue weighted by Gasteiger charge is 2.20. The zero-order valence-corrected chi connectivity index (χ0v) is 18.5. The van der Waals surface area contributed by atoms with Gasteiger partial charge in [0.25, 0.3) is 5.56 Å². The van der Waals surface area contributed by atoms with Crippen molar-refractivity contribution in [1.82, 2.24) is 14.9 Å². The van der Waals surface area contributed by atoms with Crippen LogP contribution in [0.3, 0.4) is 0 Å². The van der Waals surface area contributed by atoms with Crippen LogP contribution in [-0.2, 0) is 11.3 Å². The van der Waals surface area contributed by atoms with Gasteiger partial charge in [-0.2, -0.15) is 5.10 Å². The first kappa shape index (κ1) is 21.9. The fourth-order valence-corrected chi connectivity index (χ4v) is 3.43. The fourth-order valence-electron chi connectivity index (χ4n) is 3.43. The third-order valence-electron chi connectivity index (χ3n) is 5.03. The van der Waals surface area contributed by atoms with Crippen LogP contribution < -0.4 is 25.1 Å². The summed E-state index contributed by atoms with van der Waals surface area (Å²) < 4.78 is 22.1. The summed E-state index contributed by atoms with van der Waals surface area (Å²) in [6.45, 7) is 1.37. The molecule has 1 N–H and O–H groups in total. The summed E-state index contributed by atoms with van der Waals surface area (Å²) in [6, 6.07) is 12.2. The fraction of sp³-hybridized carbons (Fsp3) is 0.217. The van der Waals surface area contributed by atoms with Crippen molar-refractivity contribution in [3.8, 4) is 28.5 Å². The van der Waals surface area contributed by atoms with Crippen molar-refractivity contribution in [3.05, 3.63) is 58.6 Å². The quantitative estimate of drug-likeness (QED) is 0.457. The van der Waals surface area contributed by atoms with E-state index in [0.29, 0.717) is 45.3 Å². The lowest BCUT2D eigenvalue weighted by Crippen LogP contribution is -2.30. The number of carbonyl (C=O) groups excluding carboxylic acids is 1. The molecule has 10 nitrogen and oxygen atoms in total. The van der Waals surface area contributed by atoms with Gasteiger partial charge in [0.05, 0.1) is 26.7 Å². The van der Waals surface area contributed by atoms with E-state index in [9.17, 15) is 9.59 Å². The van der Waals surface area contributed by atoms with Gasteiger partial charge in [0.2, 0.25) is 5.91 Å². The Bertz CT molecular complexity index is 1370. The van der Waals surface area contributed by atoms with Crippen molar-refractivity contribution in [3.63, 3.8) is 0 Å². The van der Waals surface area contributed by atoms with Gasteiger partial charge in [-0.1, -0.05) is 17.3 Å². The normalized spacial score (nSPS) is 10.8. The SMILES string of the molecule is COc1cc(NC(=O)Cn2nc(-c3cccc(OC)c3)c3c(C)onc3c2=O)cc(OC)c1. The van der Waals surface area contributed by atoms with E-state index in [1.54, 1.807) is 44.4 Å². The van der Waals surface area contributed by atoms with Gasteiger partial charge in [-0.15, -0.1) is 0 Å². The van der Waals surface area contributed by atoms with Gasteiger partial charge in [0.15, 0.2) is 5.52 Å². The lowest BCUT2D eigenvalue weighted by Gasteiger charge is -2.12. The summed E-state index contributed by atoms with van der Waals surface area (Å²) >= 11 is 0. The van der Waals surface area contributed by atoms with Gasteiger partial charge in [-0.3, -0.25) is 9.59 Å². The number of rotatable bonds is 7. The zero-order valence-electron chi connectivity index (χ0n) is 18.5. The third-order valence-corrected chi connectivity index (χ3v) is 5.03. The van der Waals surface area contributed by atoms with E-state index in [4.69, 9.17) is 18.7 Å². The molecule has 0 spiro atoms. The summed E-state index contributed by atoms with van der Waals surface area (Å²) in [7, 11) is 4.59. The van der Waals surface area contributed by atoms with Crippen LogP contribution in [0.4, 0.5) is 5.69 Å². The molecule has 0 aliphatic rings. The van der Waals surface area contributed by atoms with Crippen molar-refractivity contribution < 1.29 is 23.5 Å². The minimum Gasteiger partial charge on any atom is -0.497 e. The van der Waals surface area contributed by atoms with Crippen LogP contribution in [0.15, 0.2) is 51.8 Å². The molecule has 170 valence electrons. The first-order valence-electron chi connectivity index (χ1n) is 9.98. The Kier molecular flexibility index (Phi) is 5.99. The molecular formula is C23H22N4O6. The van der Waals surface area contributed by atoms with E-state index in [0.717, 1.165) is 4.68 Å². The van der Waals surface area contributed by atoms with E-state index >= 15 is 0 Å². The molecule has 33 heavy (non-hydrogen) atoms. The summed E-state index contributed by atoms with van der Waals surface area (Å²) in [6.07, 6.45) is 0. The summed E-state index contributed by atoms with van der Waals surface area (Å²) in [5, 5.41) is 11.6. The number of hydrogen-bond acceptors (Lipinski definition) is 8. The molecule has 0 atom stereocenters. The number of anilines is 1. The van der Waals surface area contributed by atoms with Crippen molar-refractivity contribution in [2.24, 2.45) is 0 Å².